The van der Waals surface area contributed by atoms with E-state index < -0.39 is 5.97 Å². The van der Waals surface area contributed by atoms with Crippen LogP contribution in [0.1, 0.15) is 27.9 Å². The number of nitrogens with zero attached hydrogens (tertiary/aromatic N) is 2. The summed E-state index contributed by atoms with van der Waals surface area (Å²) in [6.45, 7) is 1.50. The van der Waals surface area contributed by atoms with Gasteiger partial charge in [-0.05, 0) is 35.2 Å². The van der Waals surface area contributed by atoms with Crippen molar-refractivity contribution in [2.45, 2.75) is 19.4 Å². The zero-order valence-corrected chi connectivity index (χ0v) is 23.4. The maximum Gasteiger partial charge on any atom is 0.305 e. The van der Waals surface area contributed by atoms with Gasteiger partial charge in [0.1, 0.15) is 0 Å². The van der Waals surface area contributed by atoms with Gasteiger partial charge in [-0.3, -0.25) is 9.59 Å². The number of nitrogens with one attached hydrogen (secondary N) is 1. The van der Waals surface area contributed by atoms with Crippen molar-refractivity contribution in [1.29, 1.82) is 0 Å². The molecule has 0 unspecified atom stereocenters. The van der Waals surface area contributed by atoms with E-state index in [4.69, 9.17) is 10.1 Å². The summed E-state index contributed by atoms with van der Waals surface area (Å²) < 4.78 is 0. The predicted molar refractivity (Wildman–Crippen MR) is 165 cm³/mol. The molecule has 5 rings (SSSR count). The maximum absolute atomic E-state index is 12.4. The fraction of sp³-hybridized carbons (Fsp3) is 0.147. The van der Waals surface area contributed by atoms with E-state index in [0.29, 0.717) is 12.1 Å². The van der Waals surface area contributed by atoms with Crippen molar-refractivity contribution in [3.05, 3.63) is 132 Å². The Hall–Kier alpha value is -4.75. The number of carbonyl (C=O) groups is 2. The molecule has 0 aliphatic heterocycles. The van der Waals surface area contributed by atoms with Crippen LogP contribution in [0.4, 0.5) is 5.13 Å². The van der Waals surface area contributed by atoms with Crippen LogP contribution in [0.2, 0.25) is 0 Å². The normalized spacial score (nSPS) is 10.7. The molecule has 0 atom stereocenters. The van der Waals surface area contributed by atoms with E-state index in [1.54, 1.807) is 23.5 Å². The molecule has 7 heteroatoms. The molecule has 0 fully saturated rings. The zero-order chi connectivity index (χ0) is 28.4. The SMILES string of the molecule is O=C(O)CCNC(=O)c1ccc(CN(CCc2ccccc2)c2nc(-c3ccccc3)c(-c3ccccc3)s2)cc1. The standard InChI is InChI=1S/C34H31N3O3S/c38-30(39)20-22-35-33(40)29-18-16-26(17-19-29)24-37(23-21-25-10-4-1-5-11-25)34-36-31(27-12-6-2-7-13-27)32(41-34)28-14-8-3-9-15-28/h1-19H,20-24H2,(H,35,40)(H,38,39). The van der Waals surface area contributed by atoms with Gasteiger partial charge in [-0.15, -0.1) is 0 Å². The average Bonchev–Trinajstić information content (AvgIpc) is 3.46. The van der Waals surface area contributed by atoms with Gasteiger partial charge in [0, 0.05) is 30.8 Å². The smallest absolute Gasteiger partial charge is 0.305 e. The molecular formula is C34H31N3O3S. The number of aliphatic carboxylic acids is 1. The number of hydrogen-bond donors (Lipinski definition) is 2. The van der Waals surface area contributed by atoms with Crippen LogP contribution in [0.3, 0.4) is 0 Å². The second-order valence-corrected chi connectivity index (χ2v) is 10.6. The van der Waals surface area contributed by atoms with Crippen molar-refractivity contribution in [2.75, 3.05) is 18.0 Å². The van der Waals surface area contributed by atoms with Gasteiger partial charge >= 0.3 is 5.97 Å². The van der Waals surface area contributed by atoms with Gasteiger partial charge in [0.15, 0.2) is 5.13 Å². The molecule has 0 aliphatic carbocycles. The van der Waals surface area contributed by atoms with Gasteiger partial charge in [0.05, 0.1) is 17.0 Å². The van der Waals surface area contributed by atoms with Crippen LogP contribution in [-0.4, -0.2) is 35.1 Å². The molecule has 0 aliphatic rings. The van der Waals surface area contributed by atoms with Crippen LogP contribution >= 0.6 is 11.3 Å². The molecular weight excluding hydrogens is 530 g/mol. The van der Waals surface area contributed by atoms with Crippen molar-refractivity contribution in [2.24, 2.45) is 0 Å². The first-order valence-electron chi connectivity index (χ1n) is 13.6. The van der Waals surface area contributed by atoms with Crippen molar-refractivity contribution in [3.63, 3.8) is 0 Å². The molecule has 4 aromatic carbocycles. The van der Waals surface area contributed by atoms with Gasteiger partial charge in [-0.25, -0.2) is 4.98 Å². The third-order valence-electron chi connectivity index (χ3n) is 6.70. The van der Waals surface area contributed by atoms with Gasteiger partial charge in [-0.1, -0.05) is 114 Å². The first-order valence-corrected chi connectivity index (χ1v) is 14.4. The van der Waals surface area contributed by atoms with Gasteiger partial charge in [0.2, 0.25) is 0 Å². The minimum absolute atomic E-state index is 0.0979. The average molecular weight is 562 g/mol. The van der Waals surface area contributed by atoms with E-state index >= 15 is 0 Å². The number of hydrogen-bond acceptors (Lipinski definition) is 5. The third kappa shape index (κ3) is 7.47. The van der Waals surface area contributed by atoms with E-state index in [1.165, 1.54) is 5.56 Å². The number of carboxylic acid groups (broad SMARTS) is 1. The Kier molecular flexibility index (Phi) is 9.19. The summed E-state index contributed by atoms with van der Waals surface area (Å²) >= 11 is 1.69. The van der Waals surface area contributed by atoms with Crippen molar-refractivity contribution < 1.29 is 14.7 Å². The van der Waals surface area contributed by atoms with Crippen LogP contribution < -0.4 is 10.2 Å². The summed E-state index contributed by atoms with van der Waals surface area (Å²) in [5, 5.41) is 12.4. The number of aromatic nitrogens is 1. The van der Waals surface area contributed by atoms with Gasteiger partial charge < -0.3 is 15.3 Å². The number of carboxylic acids is 1. The topological polar surface area (TPSA) is 82.5 Å². The highest BCUT2D eigenvalue weighted by molar-refractivity contribution is 7.19. The third-order valence-corrected chi connectivity index (χ3v) is 7.86. The Morgan fingerprint density at radius 2 is 1.37 bits per heavy atom. The zero-order valence-electron chi connectivity index (χ0n) is 22.6. The maximum atomic E-state index is 12.4. The Balaban J connectivity index is 1.43. The van der Waals surface area contributed by atoms with E-state index in [-0.39, 0.29) is 18.9 Å². The Morgan fingerprint density at radius 3 is 2.00 bits per heavy atom. The van der Waals surface area contributed by atoms with Gasteiger partial charge in [-0.2, -0.15) is 0 Å². The van der Waals surface area contributed by atoms with Crippen molar-refractivity contribution >= 4 is 28.3 Å². The van der Waals surface area contributed by atoms with Crippen LogP contribution in [0.15, 0.2) is 115 Å². The molecule has 0 spiro atoms. The molecule has 1 heterocycles. The summed E-state index contributed by atoms with van der Waals surface area (Å²) in [7, 11) is 0. The Labute approximate surface area is 244 Å². The number of anilines is 1. The van der Waals surface area contributed by atoms with Crippen LogP contribution in [0.25, 0.3) is 21.7 Å². The summed E-state index contributed by atoms with van der Waals surface area (Å²) in [4.78, 5) is 31.8. The lowest BCUT2D eigenvalue weighted by molar-refractivity contribution is -0.136. The fourth-order valence-corrected chi connectivity index (χ4v) is 5.66. The predicted octanol–water partition coefficient (Wildman–Crippen LogP) is 6.93. The molecule has 5 aromatic rings. The quantitative estimate of drug-likeness (QED) is 0.173. The lowest BCUT2D eigenvalue weighted by Gasteiger charge is -2.22. The lowest BCUT2D eigenvalue weighted by atomic mass is 10.1. The highest BCUT2D eigenvalue weighted by Gasteiger charge is 2.19. The molecule has 0 bridgehead atoms. The fourth-order valence-electron chi connectivity index (χ4n) is 4.54. The summed E-state index contributed by atoms with van der Waals surface area (Å²) in [6.07, 6.45) is 0.760. The van der Waals surface area contributed by atoms with Crippen molar-refractivity contribution in [1.82, 2.24) is 10.3 Å². The minimum atomic E-state index is -0.940. The summed E-state index contributed by atoms with van der Waals surface area (Å²) in [5.41, 5.74) is 6.00. The molecule has 206 valence electrons. The number of carbonyl (C=O) groups excluding carboxylic acids is 1. The molecule has 1 amide bonds. The monoisotopic (exact) mass is 561 g/mol. The lowest BCUT2D eigenvalue weighted by Crippen LogP contribution is -2.26. The molecule has 41 heavy (non-hydrogen) atoms. The second-order valence-electron chi connectivity index (χ2n) is 9.66. The highest BCUT2D eigenvalue weighted by Crippen LogP contribution is 2.40. The first-order chi connectivity index (χ1) is 20.1. The molecule has 0 saturated carbocycles. The van der Waals surface area contributed by atoms with E-state index in [1.807, 2.05) is 42.5 Å². The minimum Gasteiger partial charge on any atom is -0.481 e. The molecule has 0 saturated heterocycles. The Bertz CT molecular complexity index is 1510. The number of rotatable bonds is 12. The summed E-state index contributed by atoms with van der Waals surface area (Å²) in [6, 6.07) is 38.6. The Morgan fingerprint density at radius 1 is 0.756 bits per heavy atom. The van der Waals surface area contributed by atoms with E-state index in [9.17, 15) is 9.59 Å². The second kappa shape index (κ2) is 13.5. The molecule has 2 N–H and O–H groups in total. The van der Waals surface area contributed by atoms with Crippen LogP contribution in [-0.2, 0) is 17.8 Å². The van der Waals surface area contributed by atoms with Crippen LogP contribution in [0.5, 0.6) is 0 Å². The summed E-state index contributed by atoms with van der Waals surface area (Å²) in [5.74, 6) is -1.22. The molecule has 0 radical (unpaired) electrons. The first kappa shape index (κ1) is 27.8. The molecule has 6 nitrogen and oxygen atoms in total. The van der Waals surface area contributed by atoms with Crippen LogP contribution in [0, 0.1) is 0 Å². The molecule has 1 aromatic heterocycles. The van der Waals surface area contributed by atoms with E-state index in [2.05, 4.69) is 70.9 Å². The number of benzene rings is 4. The van der Waals surface area contributed by atoms with Gasteiger partial charge in [0.25, 0.3) is 5.91 Å². The number of amides is 1. The highest BCUT2D eigenvalue weighted by atomic mass is 32.1. The van der Waals surface area contributed by atoms with E-state index in [0.717, 1.165) is 45.4 Å². The largest absolute Gasteiger partial charge is 0.481 e. The number of thiazole rings is 1. The van der Waals surface area contributed by atoms with Crippen molar-refractivity contribution in [3.8, 4) is 21.7 Å².